The number of aromatic hydroxyl groups is 1. The largest absolute Gasteiger partial charge is 0.508 e. The van der Waals surface area contributed by atoms with Crippen molar-refractivity contribution in [2.24, 2.45) is 0 Å². The number of rotatable bonds is 6. The van der Waals surface area contributed by atoms with Gasteiger partial charge >= 0.3 is 0 Å². The number of phenolic OH excluding ortho intramolecular Hbond substituents is 1. The van der Waals surface area contributed by atoms with Crippen LogP contribution in [-0.2, 0) is 22.0 Å². The Bertz CT molecular complexity index is 658. The molecular weight excluding hydrogens is 298 g/mol. The van der Waals surface area contributed by atoms with Gasteiger partial charge in [0.25, 0.3) is 0 Å². The number of amides is 1. The maximum Gasteiger partial charge on any atom is 0.224 e. The second-order valence-electron chi connectivity index (χ2n) is 5.12. The highest BCUT2D eigenvalue weighted by molar-refractivity contribution is 7.84. The number of carbonyl (C=O) groups excluding carboxylic acids is 1. The highest BCUT2D eigenvalue weighted by atomic mass is 32.2. The van der Waals surface area contributed by atoms with Crippen molar-refractivity contribution >= 4 is 16.7 Å². The molecule has 0 saturated carbocycles. The zero-order valence-corrected chi connectivity index (χ0v) is 13.2. The normalized spacial score (nSPS) is 13.3. The summed E-state index contributed by atoms with van der Waals surface area (Å²) in [5.74, 6) is 0.347. The van der Waals surface area contributed by atoms with Crippen LogP contribution in [0.15, 0.2) is 54.6 Å². The van der Waals surface area contributed by atoms with Crippen molar-refractivity contribution in [2.45, 2.75) is 12.5 Å². The Hall–Kier alpha value is -2.14. The van der Waals surface area contributed by atoms with Crippen LogP contribution < -0.4 is 5.32 Å². The van der Waals surface area contributed by atoms with Gasteiger partial charge in [0.15, 0.2) is 0 Å². The highest BCUT2D eigenvalue weighted by Crippen LogP contribution is 2.15. The van der Waals surface area contributed by atoms with E-state index in [0.29, 0.717) is 5.75 Å². The number of hydrogen-bond donors (Lipinski definition) is 2. The third-order valence-corrected chi connectivity index (χ3v) is 4.02. The third kappa shape index (κ3) is 5.00. The third-order valence-electron chi connectivity index (χ3n) is 3.21. The van der Waals surface area contributed by atoms with Crippen LogP contribution in [0.2, 0.25) is 0 Å². The zero-order chi connectivity index (χ0) is 15.9. The molecule has 0 heterocycles. The predicted molar refractivity (Wildman–Crippen MR) is 88.1 cm³/mol. The van der Waals surface area contributed by atoms with Crippen LogP contribution in [0.25, 0.3) is 0 Å². The summed E-state index contributed by atoms with van der Waals surface area (Å²) in [6.07, 6.45) is 1.80. The molecule has 0 aliphatic rings. The molecule has 0 saturated heterocycles. The van der Waals surface area contributed by atoms with Gasteiger partial charge in [-0.3, -0.25) is 9.00 Å². The molecule has 0 aliphatic heterocycles. The Morgan fingerprint density at radius 1 is 1.18 bits per heavy atom. The minimum absolute atomic E-state index is 0.138. The van der Waals surface area contributed by atoms with Crippen molar-refractivity contribution in [2.75, 3.05) is 12.0 Å². The van der Waals surface area contributed by atoms with E-state index in [2.05, 4.69) is 5.32 Å². The lowest BCUT2D eigenvalue weighted by Crippen LogP contribution is -2.32. The average Bonchev–Trinajstić information content (AvgIpc) is 2.47. The molecule has 116 valence electrons. The first-order valence-corrected chi connectivity index (χ1v) is 8.69. The molecule has 0 unspecified atom stereocenters. The van der Waals surface area contributed by atoms with E-state index in [4.69, 9.17) is 0 Å². The van der Waals surface area contributed by atoms with Crippen LogP contribution in [0.3, 0.4) is 0 Å². The Kier molecular flexibility index (Phi) is 5.72. The van der Waals surface area contributed by atoms with Crippen molar-refractivity contribution in [1.29, 1.82) is 0 Å². The van der Waals surface area contributed by atoms with E-state index >= 15 is 0 Å². The minimum atomic E-state index is -1.02. The number of phenols is 1. The molecule has 2 aromatic carbocycles. The first-order valence-electron chi connectivity index (χ1n) is 6.97. The molecule has 2 N–H and O–H groups in total. The van der Waals surface area contributed by atoms with Gasteiger partial charge in [-0.1, -0.05) is 42.5 Å². The Morgan fingerprint density at radius 2 is 1.91 bits per heavy atom. The molecule has 2 rings (SSSR count). The fourth-order valence-electron chi connectivity index (χ4n) is 2.24. The standard InChI is InChI=1S/C17H19NO3S/c1-22(21)12-16(14-7-3-2-4-8-14)18-17(20)11-13-6-5-9-15(19)10-13/h2-10,16,19H,11-12H2,1H3,(H,18,20)/t16-,22-/m1/s1. The zero-order valence-electron chi connectivity index (χ0n) is 12.4. The lowest BCUT2D eigenvalue weighted by atomic mass is 10.1. The molecule has 0 aromatic heterocycles. The molecule has 0 radical (unpaired) electrons. The second-order valence-corrected chi connectivity index (χ2v) is 6.60. The van der Waals surface area contributed by atoms with Gasteiger partial charge in [-0.2, -0.15) is 0 Å². The predicted octanol–water partition coefficient (Wildman–Crippen LogP) is 2.17. The number of carbonyl (C=O) groups is 1. The molecular formula is C17H19NO3S. The van der Waals surface area contributed by atoms with E-state index in [-0.39, 0.29) is 24.1 Å². The van der Waals surface area contributed by atoms with Crippen LogP contribution >= 0.6 is 0 Å². The first kappa shape index (κ1) is 16.2. The van der Waals surface area contributed by atoms with Crippen LogP contribution in [0.4, 0.5) is 0 Å². The van der Waals surface area contributed by atoms with E-state index in [1.54, 1.807) is 30.5 Å². The van der Waals surface area contributed by atoms with Crippen LogP contribution in [0, 0.1) is 0 Å². The second kappa shape index (κ2) is 7.75. The average molecular weight is 317 g/mol. The van der Waals surface area contributed by atoms with Crippen LogP contribution in [0.5, 0.6) is 5.75 Å². The van der Waals surface area contributed by atoms with E-state index < -0.39 is 10.8 Å². The first-order chi connectivity index (χ1) is 10.5. The molecule has 0 bridgehead atoms. The fourth-order valence-corrected chi connectivity index (χ4v) is 2.98. The molecule has 2 aromatic rings. The summed E-state index contributed by atoms with van der Waals surface area (Å²) in [5.41, 5.74) is 1.67. The molecule has 4 nitrogen and oxygen atoms in total. The van der Waals surface area contributed by atoms with Crippen molar-refractivity contribution in [3.8, 4) is 5.75 Å². The summed E-state index contributed by atoms with van der Waals surface area (Å²) in [6.45, 7) is 0. The lowest BCUT2D eigenvalue weighted by molar-refractivity contribution is -0.121. The quantitative estimate of drug-likeness (QED) is 0.858. The van der Waals surface area contributed by atoms with E-state index in [9.17, 15) is 14.1 Å². The molecule has 0 aliphatic carbocycles. The van der Waals surface area contributed by atoms with Gasteiger partial charge in [-0.15, -0.1) is 0 Å². The lowest BCUT2D eigenvalue weighted by Gasteiger charge is -2.18. The minimum Gasteiger partial charge on any atom is -0.508 e. The molecule has 0 fully saturated rings. The van der Waals surface area contributed by atoms with E-state index in [1.807, 2.05) is 30.3 Å². The molecule has 22 heavy (non-hydrogen) atoms. The number of nitrogens with one attached hydrogen (secondary N) is 1. The highest BCUT2D eigenvalue weighted by Gasteiger charge is 2.16. The summed E-state index contributed by atoms with van der Waals surface area (Å²) >= 11 is 0. The number of benzene rings is 2. The summed E-state index contributed by atoms with van der Waals surface area (Å²) in [5, 5.41) is 12.4. The SMILES string of the molecule is C[S@@](=O)C[C@@H](NC(=O)Cc1cccc(O)c1)c1ccccc1. The Morgan fingerprint density at radius 3 is 2.55 bits per heavy atom. The monoisotopic (exact) mass is 317 g/mol. The Labute approximate surface area is 132 Å². The summed E-state index contributed by atoms with van der Waals surface area (Å²) in [7, 11) is -1.02. The maximum absolute atomic E-state index is 12.2. The van der Waals surface area contributed by atoms with Crippen LogP contribution in [0.1, 0.15) is 17.2 Å². The van der Waals surface area contributed by atoms with Gasteiger partial charge in [0, 0.05) is 22.8 Å². The van der Waals surface area contributed by atoms with E-state index in [1.165, 1.54) is 0 Å². The van der Waals surface area contributed by atoms with Gasteiger partial charge < -0.3 is 10.4 Å². The summed E-state index contributed by atoms with van der Waals surface area (Å²) in [6, 6.07) is 15.8. The van der Waals surface area contributed by atoms with Gasteiger partial charge in [0.1, 0.15) is 5.75 Å². The molecule has 5 heteroatoms. The maximum atomic E-state index is 12.2. The van der Waals surface area contributed by atoms with Crippen molar-refractivity contribution in [3.63, 3.8) is 0 Å². The van der Waals surface area contributed by atoms with Crippen molar-refractivity contribution < 1.29 is 14.1 Å². The topological polar surface area (TPSA) is 66.4 Å². The summed E-state index contributed by atoms with van der Waals surface area (Å²) < 4.78 is 11.5. The molecule has 2 atom stereocenters. The van der Waals surface area contributed by atoms with Crippen molar-refractivity contribution in [1.82, 2.24) is 5.32 Å². The van der Waals surface area contributed by atoms with Gasteiger partial charge in [0.05, 0.1) is 12.5 Å². The molecule has 1 amide bonds. The van der Waals surface area contributed by atoms with Gasteiger partial charge in [0.2, 0.25) is 5.91 Å². The Balaban J connectivity index is 2.06. The fraction of sp³-hybridized carbons (Fsp3) is 0.235. The van der Waals surface area contributed by atoms with Gasteiger partial charge in [-0.25, -0.2) is 0 Å². The van der Waals surface area contributed by atoms with E-state index in [0.717, 1.165) is 11.1 Å². The van der Waals surface area contributed by atoms with Crippen molar-refractivity contribution in [3.05, 3.63) is 65.7 Å². The number of hydrogen-bond acceptors (Lipinski definition) is 3. The van der Waals surface area contributed by atoms with Gasteiger partial charge in [-0.05, 0) is 23.3 Å². The molecule has 0 spiro atoms. The summed E-state index contributed by atoms with van der Waals surface area (Å²) in [4.78, 5) is 12.2. The smallest absolute Gasteiger partial charge is 0.224 e. The van der Waals surface area contributed by atoms with Crippen LogP contribution in [-0.4, -0.2) is 27.2 Å².